The predicted molar refractivity (Wildman–Crippen MR) is 93.7 cm³/mol. The Morgan fingerprint density at radius 2 is 2.00 bits per heavy atom. The van der Waals surface area contributed by atoms with Crippen molar-refractivity contribution in [3.8, 4) is 0 Å². The first-order valence-electron chi connectivity index (χ1n) is 7.07. The third-order valence-electron chi connectivity index (χ3n) is 3.12. The number of sulfone groups is 1. The van der Waals surface area contributed by atoms with Crippen LogP contribution in [-0.4, -0.2) is 40.6 Å². The van der Waals surface area contributed by atoms with Gasteiger partial charge in [-0.1, -0.05) is 29.8 Å². The minimum absolute atomic E-state index is 0.165. The maximum atomic E-state index is 11.3. The number of hydrogen-bond acceptors (Lipinski definition) is 4. The summed E-state index contributed by atoms with van der Waals surface area (Å²) in [7, 11) is -1.01. The molecule has 0 unspecified atom stereocenters. The highest BCUT2D eigenvalue weighted by Crippen LogP contribution is 2.24. The molecule has 0 saturated carbocycles. The first-order valence-corrected chi connectivity index (χ1v) is 9.92. The van der Waals surface area contributed by atoms with Gasteiger partial charge in [-0.15, -0.1) is 0 Å². The van der Waals surface area contributed by atoms with Gasteiger partial charge in [0.1, 0.15) is 9.84 Å². The molecule has 0 spiro atoms. The lowest BCUT2D eigenvalue weighted by Gasteiger charge is -2.23. The van der Waals surface area contributed by atoms with E-state index in [4.69, 9.17) is 0 Å². The zero-order chi connectivity index (χ0) is 16.0. The molecule has 0 aliphatic rings. The smallest absolute Gasteiger partial charge is 0.149 e. The van der Waals surface area contributed by atoms with Crippen molar-refractivity contribution in [1.82, 2.24) is 5.32 Å². The number of nitrogens with zero attached hydrogens (tertiary/aromatic N) is 1. The van der Waals surface area contributed by atoms with Crippen LogP contribution in [0.2, 0.25) is 0 Å². The molecule has 1 rings (SSSR count). The zero-order valence-electron chi connectivity index (χ0n) is 13.2. The largest absolute Gasteiger partial charge is 0.373 e. The Balaban J connectivity index is 2.80. The van der Waals surface area contributed by atoms with Crippen LogP contribution in [0.3, 0.4) is 0 Å². The van der Waals surface area contributed by atoms with Gasteiger partial charge in [-0.25, -0.2) is 8.42 Å². The predicted octanol–water partition coefficient (Wildman–Crippen LogP) is 2.68. The molecule has 0 aliphatic carbocycles. The molecular formula is C15H25BrN2O2S. The topological polar surface area (TPSA) is 49.4 Å². The summed E-state index contributed by atoms with van der Waals surface area (Å²) in [6, 6.07) is 6.09. The van der Waals surface area contributed by atoms with Crippen molar-refractivity contribution in [3.05, 3.63) is 28.2 Å². The summed E-state index contributed by atoms with van der Waals surface area (Å²) < 4.78 is 23.6. The Labute approximate surface area is 137 Å². The van der Waals surface area contributed by atoms with E-state index in [2.05, 4.69) is 41.2 Å². The highest BCUT2D eigenvalue weighted by molar-refractivity contribution is 9.10. The first kappa shape index (κ1) is 18.5. The van der Waals surface area contributed by atoms with Crippen molar-refractivity contribution in [2.75, 3.05) is 37.0 Å². The highest BCUT2D eigenvalue weighted by atomic mass is 79.9. The van der Waals surface area contributed by atoms with Crippen LogP contribution in [0.15, 0.2) is 22.7 Å². The standard InChI is InChI=1S/C15H25BrN2O2S/c1-12(2)10-17-11-13-9-14(16)5-6-15(13)18(3)7-8-21(4,19)20/h5-6,9,12,17H,7-8,10-11H2,1-4H3. The molecule has 0 amide bonds. The second kappa shape index (κ2) is 8.15. The number of anilines is 1. The van der Waals surface area contributed by atoms with E-state index < -0.39 is 9.84 Å². The van der Waals surface area contributed by atoms with Gasteiger partial charge in [-0.3, -0.25) is 0 Å². The summed E-state index contributed by atoms with van der Waals surface area (Å²) >= 11 is 3.49. The summed E-state index contributed by atoms with van der Waals surface area (Å²) in [6.07, 6.45) is 1.27. The van der Waals surface area contributed by atoms with Crippen LogP contribution >= 0.6 is 15.9 Å². The van der Waals surface area contributed by atoms with Crippen LogP contribution in [0.25, 0.3) is 0 Å². The lowest BCUT2D eigenvalue weighted by Crippen LogP contribution is -2.27. The fraction of sp³-hybridized carbons (Fsp3) is 0.600. The lowest BCUT2D eigenvalue weighted by molar-refractivity contribution is 0.552. The van der Waals surface area contributed by atoms with Crippen molar-refractivity contribution < 1.29 is 8.42 Å². The minimum atomic E-state index is -2.94. The lowest BCUT2D eigenvalue weighted by atomic mass is 10.1. The van der Waals surface area contributed by atoms with E-state index in [1.807, 2.05) is 24.1 Å². The average molecular weight is 377 g/mol. The molecule has 0 fully saturated rings. The van der Waals surface area contributed by atoms with Gasteiger partial charge in [0, 0.05) is 36.6 Å². The van der Waals surface area contributed by atoms with Gasteiger partial charge in [0.25, 0.3) is 0 Å². The Bertz CT molecular complexity index is 559. The average Bonchev–Trinajstić information content (AvgIpc) is 2.35. The molecule has 0 radical (unpaired) electrons. The van der Waals surface area contributed by atoms with E-state index >= 15 is 0 Å². The summed E-state index contributed by atoms with van der Waals surface area (Å²) in [4.78, 5) is 2.00. The molecule has 21 heavy (non-hydrogen) atoms. The molecular weight excluding hydrogens is 352 g/mol. The van der Waals surface area contributed by atoms with E-state index in [0.29, 0.717) is 12.5 Å². The Hall–Kier alpha value is -0.590. The second-order valence-corrected chi connectivity index (χ2v) is 9.02. The Morgan fingerprint density at radius 3 is 2.57 bits per heavy atom. The van der Waals surface area contributed by atoms with Crippen LogP contribution in [-0.2, 0) is 16.4 Å². The van der Waals surface area contributed by atoms with Crippen molar-refractivity contribution in [3.63, 3.8) is 0 Å². The van der Waals surface area contributed by atoms with Gasteiger partial charge in [0.15, 0.2) is 0 Å². The number of rotatable bonds is 8. The molecule has 0 aliphatic heterocycles. The number of hydrogen-bond donors (Lipinski definition) is 1. The van der Waals surface area contributed by atoms with Crippen molar-refractivity contribution in [1.29, 1.82) is 0 Å². The number of nitrogens with one attached hydrogen (secondary N) is 1. The molecule has 6 heteroatoms. The number of halogens is 1. The molecule has 0 atom stereocenters. The Kier molecular flexibility index (Phi) is 7.16. The number of benzene rings is 1. The van der Waals surface area contributed by atoms with E-state index in [9.17, 15) is 8.42 Å². The fourth-order valence-electron chi connectivity index (χ4n) is 1.99. The van der Waals surface area contributed by atoms with Gasteiger partial charge in [-0.05, 0) is 36.2 Å². The minimum Gasteiger partial charge on any atom is -0.373 e. The zero-order valence-corrected chi connectivity index (χ0v) is 15.6. The van der Waals surface area contributed by atoms with Crippen molar-refractivity contribution in [2.45, 2.75) is 20.4 Å². The van der Waals surface area contributed by atoms with Gasteiger partial charge in [0.2, 0.25) is 0 Å². The molecule has 1 N–H and O–H groups in total. The van der Waals surface area contributed by atoms with Crippen LogP contribution in [0.4, 0.5) is 5.69 Å². The summed E-state index contributed by atoms with van der Waals surface area (Å²) in [5, 5.41) is 3.43. The van der Waals surface area contributed by atoms with Crippen LogP contribution < -0.4 is 10.2 Å². The van der Waals surface area contributed by atoms with Crippen LogP contribution in [0.1, 0.15) is 19.4 Å². The maximum Gasteiger partial charge on any atom is 0.149 e. The molecule has 0 saturated heterocycles. The molecule has 0 heterocycles. The first-order chi connectivity index (χ1) is 9.69. The summed E-state index contributed by atoms with van der Waals surface area (Å²) in [5.74, 6) is 0.766. The van der Waals surface area contributed by atoms with Crippen molar-refractivity contribution in [2.24, 2.45) is 5.92 Å². The molecule has 1 aromatic carbocycles. The van der Waals surface area contributed by atoms with Crippen LogP contribution in [0.5, 0.6) is 0 Å². The van der Waals surface area contributed by atoms with E-state index in [0.717, 1.165) is 23.2 Å². The Morgan fingerprint density at radius 1 is 1.33 bits per heavy atom. The second-order valence-electron chi connectivity index (χ2n) is 5.85. The van der Waals surface area contributed by atoms with Gasteiger partial charge in [-0.2, -0.15) is 0 Å². The third kappa shape index (κ3) is 7.29. The third-order valence-corrected chi connectivity index (χ3v) is 4.54. The van der Waals surface area contributed by atoms with Crippen LogP contribution in [0, 0.1) is 5.92 Å². The maximum absolute atomic E-state index is 11.3. The van der Waals surface area contributed by atoms with E-state index in [-0.39, 0.29) is 5.75 Å². The molecule has 0 aromatic heterocycles. The van der Waals surface area contributed by atoms with E-state index in [1.54, 1.807) is 0 Å². The fourth-order valence-corrected chi connectivity index (χ4v) is 3.00. The summed E-state index contributed by atoms with van der Waals surface area (Å²) in [5.41, 5.74) is 2.24. The molecule has 4 nitrogen and oxygen atoms in total. The van der Waals surface area contributed by atoms with E-state index in [1.165, 1.54) is 11.8 Å². The normalized spacial score (nSPS) is 11.9. The van der Waals surface area contributed by atoms with Gasteiger partial charge in [0.05, 0.1) is 5.75 Å². The molecule has 1 aromatic rings. The van der Waals surface area contributed by atoms with Gasteiger partial charge >= 0.3 is 0 Å². The molecule has 0 bridgehead atoms. The quantitative estimate of drug-likeness (QED) is 0.757. The monoisotopic (exact) mass is 376 g/mol. The SMILES string of the molecule is CC(C)CNCc1cc(Br)ccc1N(C)CCS(C)(=O)=O. The van der Waals surface area contributed by atoms with Gasteiger partial charge < -0.3 is 10.2 Å². The highest BCUT2D eigenvalue weighted by Gasteiger charge is 2.11. The summed E-state index contributed by atoms with van der Waals surface area (Å²) in [6.45, 7) is 6.58. The van der Waals surface area contributed by atoms with Crippen molar-refractivity contribution >= 4 is 31.5 Å². The molecule has 120 valence electrons.